The Balaban J connectivity index is 1.48. The van der Waals surface area contributed by atoms with Crippen molar-refractivity contribution in [2.24, 2.45) is 0 Å². The van der Waals surface area contributed by atoms with Gasteiger partial charge >= 0.3 is 12.3 Å². The molecule has 144 valence electrons. The van der Waals surface area contributed by atoms with Gasteiger partial charge in [0.15, 0.2) is 0 Å². The first kappa shape index (κ1) is 19.0. The highest BCUT2D eigenvalue weighted by molar-refractivity contribution is 5.91. The monoisotopic (exact) mass is 382 g/mol. The Morgan fingerprint density at radius 2 is 1.59 bits per heavy atom. The standard InChI is InChI=1S/C19H17F3O5/c20-19(21,22)27-16-9-7-15(8-10-16)26-18(23)13-3-5-14(6-4-13)24-11-1-2-17-12-25-17/h3-10,17H,1-2,11-12H2. The summed E-state index contributed by atoms with van der Waals surface area (Å²) in [4.78, 5) is 12.1. The van der Waals surface area contributed by atoms with Crippen molar-refractivity contribution in [2.75, 3.05) is 13.2 Å². The lowest BCUT2D eigenvalue weighted by Crippen LogP contribution is -2.17. The number of rotatable bonds is 8. The smallest absolute Gasteiger partial charge is 0.494 e. The van der Waals surface area contributed by atoms with Crippen LogP contribution in [0.1, 0.15) is 23.2 Å². The summed E-state index contributed by atoms with van der Waals surface area (Å²) in [5.41, 5.74) is 0.296. The van der Waals surface area contributed by atoms with Crippen LogP contribution in [-0.2, 0) is 4.74 Å². The Morgan fingerprint density at radius 3 is 2.19 bits per heavy atom. The van der Waals surface area contributed by atoms with E-state index in [9.17, 15) is 18.0 Å². The minimum atomic E-state index is -4.77. The summed E-state index contributed by atoms with van der Waals surface area (Å²) in [7, 11) is 0. The van der Waals surface area contributed by atoms with E-state index < -0.39 is 18.1 Å². The van der Waals surface area contributed by atoms with Crippen LogP contribution in [0.3, 0.4) is 0 Å². The van der Waals surface area contributed by atoms with Gasteiger partial charge in [0.2, 0.25) is 0 Å². The molecule has 0 N–H and O–H groups in total. The molecule has 2 aromatic rings. The number of epoxide rings is 1. The van der Waals surface area contributed by atoms with Crippen molar-refractivity contribution >= 4 is 5.97 Å². The number of benzene rings is 2. The van der Waals surface area contributed by atoms with Gasteiger partial charge in [-0.2, -0.15) is 0 Å². The van der Waals surface area contributed by atoms with Crippen LogP contribution in [0.15, 0.2) is 48.5 Å². The molecule has 5 nitrogen and oxygen atoms in total. The summed E-state index contributed by atoms with van der Waals surface area (Å²) in [5.74, 6) is -0.275. The van der Waals surface area contributed by atoms with Gasteiger partial charge in [0.05, 0.1) is 24.9 Å². The van der Waals surface area contributed by atoms with Crippen LogP contribution in [0.2, 0.25) is 0 Å². The third-order valence-corrected chi connectivity index (χ3v) is 3.70. The maximum Gasteiger partial charge on any atom is 0.573 e. The number of carbonyl (C=O) groups is 1. The molecule has 3 rings (SSSR count). The van der Waals surface area contributed by atoms with E-state index in [4.69, 9.17) is 14.2 Å². The van der Waals surface area contributed by atoms with Crippen LogP contribution >= 0.6 is 0 Å². The lowest BCUT2D eigenvalue weighted by Gasteiger charge is -2.10. The SMILES string of the molecule is O=C(Oc1ccc(OC(F)(F)F)cc1)c1ccc(OCCCC2CO2)cc1. The Labute approximate surface area is 153 Å². The van der Waals surface area contributed by atoms with Gasteiger partial charge in [-0.05, 0) is 61.4 Å². The van der Waals surface area contributed by atoms with E-state index in [0.717, 1.165) is 31.6 Å². The first-order valence-corrected chi connectivity index (χ1v) is 8.31. The van der Waals surface area contributed by atoms with Gasteiger partial charge < -0.3 is 18.9 Å². The van der Waals surface area contributed by atoms with Crippen LogP contribution < -0.4 is 14.2 Å². The molecular formula is C19H17F3O5. The number of halogens is 3. The van der Waals surface area contributed by atoms with Crippen molar-refractivity contribution < 1.29 is 36.9 Å². The second kappa shape index (κ2) is 8.30. The Kier molecular flexibility index (Phi) is 5.85. The van der Waals surface area contributed by atoms with Crippen molar-refractivity contribution in [3.63, 3.8) is 0 Å². The number of ether oxygens (including phenoxy) is 4. The molecule has 1 aliphatic heterocycles. The minimum absolute atomic E-state index is 0.108. The zero-order valence-electron chi connectivity index (χ0n) is 14.2. The van der Waals surface area contributed by atoms with E-state index in [0.29, 0.717) is 24.0 Å². The van der Waals surface area contributed by atoms with Crippen LogP contribution in [-0.4, -0.2) is 31.6 Å². The predicted molar refractivity (Wildman–Crippen MR) is 89.0 cm³/mol. The van der Waals surface area contributed by atoms with Crippen molar-refractivity contribution in [3.8, 4) is 17.2 Å². The van der Waals surface area contributed by atoms with E-state index in [1.807, 2.05) is 0 Å². The largest absolute Gasteiger partial charge is 0.573 e. The molecule has 0 saturated carbocycles. The molecule has 1 atom stereocenters. The second-order valence-electron chi connectivity index (χ2n) is 5.88. The first-order chi connectivity index (χ1) is 12.9. The molecule has 1 saturated heterocycles. The molecule has 1 heterocycles. The summed E-state index contributed by atoms with van der Waals surface area (Å²) >= 11 is 0. The number of hydrogen-bond donors (Lipinski definition) is 0. The molecule has 1 aliphatic rings. The second-order valence-corrected chi connectivity index (χ2v) is 5.88. The lowest BCUT2D eigenvalue weighted by molar-refractivity contribution is -0.274. The van der Waals surface area contributed by atoms with Gasteiger partial charge in [-0.3, -0.25) is 0 Å². The quantitative estimate of drug-likeness (QED) is 0.294. The fourth-order valence-corrected chi connectivity index (χ4v) is 2.30. The average Bonchev–Trinajstić information content (AvgIpc) is 3.44. The van der Waals surface area contributed by atoms with Gasteiger partial charge in [-0.15, -0.1) is 13.2 Å². The summed E-state index contributed by atoms with van der Waals surface area (Å²) in [6.45, 7) is 1.39. The molecule has 0 radical (unpaired) electrons. The molecule has 8 heteroatoms. The number of hydrogen-bond acceptors (Lipinski definition) is 5. The Hall–Kier alpha value is -2.74. The molecule has 1 unspecified atom stereocenters. The molecule has 1 fully saturated rings. The lowest BCUT2D eigenvalue weighted by atomic mass is 10.2. The minimum Gasteiger partial charge on any atom is -0.494 e. The van der Waals surface area contributed by atoms with Crippen LogP contribution in [0.5, 0.6) is 17.2 Å². The highest BCUT2D eigenvalue weighted by atomic mass is 19.4. The fourth-order valence-electron chi connectivity index (χ4n) is 2.30. The molecule has 0 aliphatic carbocycles. The van der Waals surface area contributed by atoms with Crippen molar-refractivity contribution in [1.29, 1.82) is 0 Å². The number of alkyl halides is 3. The number of carbonyl (C=O) groups excluding carboxylic acids is 1. The summed E-state index contributed by atoms with van der Waals surface area (Å²) < 4.78 is 55.9. The average molecular weight is 382 g/mol. The van der Waals surface area contributed by atoms with Gasteiger partial charge in [0, 0.05) is 0 Å². The van der Waals surface area contributed by atoms with E-state index in [1.165, 1.54) is 12.1 Å². The highest BCUT2D eigenvalue weighted by Crippen LogP contribution is 2.25. The predicted octanol–water partition coefficient (Wildman–Crippen LogP) is 4.36. The van der Waals surface area contributed by atoms with E-state index >= 15 is 0 Å². The molecule has 27 heavy (non-hydrogen) atoms. The third kappa shape index (κ3) is 6.49. The first-order valence-electron chi connectivity index (χ1n) is 8.31. The van der Waals surface area contributed by atoms with Gasteiger partial charge in [0.25, 0.3) is 0 Å². The molecule has 0 bridgehead atoms. The molecule has 0 aromatic heterocycles. The Morgan fingerprint density at radius 1 is 1.00 bits per heavy atom. The molecule has 0 amide bonds. The normalized spacial score (nSPS) is 15.9. The zero-order chi connectivity index (χ0) is 19.3. The maximum atomic E-state index is 12.1. The van der Waals surface area contributed by atoms with E-state index in [-0.39, 0.29) is 5.75 Å². The van der Waals surface area contributed by atoms with Crippen molar-refractivity contribution in [3.05, 3.63) is 54.1 Å². The van der Waals surface area contributed by atoms with Gasteiger partial charge in [-0.1, -0.05) is 0 Å². The molecule has 0 spiro atoms. The summed E-state index contributed by atoms with van der Waals surface area (Å²) in [6.07, 6.45) is -2.53. The fraction of sp³-hybridized carbons (Fsp3) is 0.316. The van der Waals surface area contributed by atoms with Crippen LogP contribution in [0.4, 0.5) is 13.2 Å². The maximum absolute atomic E-state index is 12.1. The van der Waals surface area contributed by atoms with Gasteiger partial charge in [0.1, 0.15) is 17.2 Å². The van der Waals surface area contributed by atoms with Gasteiger partial charge in [-0.25, -0.2) is 4.79 Å². The summed E-state index contributed by atoms with van der Waals surface area (Å²) in [6, 6.07) is 11.0. The van der Waals surface area contributed by atoms with E-state index in [2.05, 4.69) is 4.74 Å². The van der Waals surface area contributed by atoms with Crippen molar-refractivity contribution in [2.45, 2.75) is 25.3 Å². The number of esters is 1. The molecular weight excluding hydrogens is 365 g/mol. The zero-order valence-corrected chi connectivity index (χ0v) is 14.2. The highest BCUT2D eigenvalue weighted by Gasteiger charge is 2.31. The van der Waals surface area contributed by atoms with Crippen molar-refractivity contribution in [1.82, 2.24) is 0 Å². The van der Waals surface area contributed by atoms with Crippen LogP contribution in [0, 0.1) is 0 Å². The summed E-state index contributed by atoms with van der Waals surface area (Å²) in [5, 5.41) is 0. The van der Waals surface area contributed by atoms with E-state index in [1.54, 1.807) is 24.3 Å². The third-order valence-electron chi connectivity index (χ3n) is 3.70. The van der Waals surface area contributed by atoms with Crippen LogP contribution in [0.25, 0.3) is 0 Å². The topological polar surface area (TPSA) is 57.3 Å². The molecule has 2 aromatic carbocycles. The Bertz CT molecular complexity index is 752.